The van der Waals surface area contributed by atoms with Gasteiger partial charge in [0, 0.05) is 19.0 Å². The van der Waals surface area contributed by atoms with Crippen molar-refractivity contribution < 1.29 is 28.7 Å². The van der Waals surface area contributed by atoms with Gasteiger partial charge in [-0.1, -0.05) is 6.42 Å². The number of nitrogens with zero attached hydrogens (tertiary/aromatic N) is 1. The van der Waals surface area contributed by atoms with E-state index in [0.29, 0.717) is 37.3 Å². The Morgan fingerprint density at radius 1 is 1.21 bits per heavy atom. The van der Waals surface area contributed by atoms with Gasteiger partial charge in [0.2, 0.25) is 11.8 Å². The fraction of sp³-hybridized carbons (Fsp3) is 0.600. The van der Waals surface area contributed by atoms with Crippen molar-refractivity contribution in [2.45, 2.75) is 57.2 Å². The summed E-state index contributed by atoms with van der Waals surface area (Å²) in [6.45, 7) is 2.78. The van der Waals surface area contributed by atoms with Gasteiger partial charge in [-0.3, -0.25) is 14.4 Å². The summed E-state index contributed by atoms with van der Waals surface area (Å²) in [5.41, 5.74) is 0. The molecule has 3 amide bonds. The van der Waals surface area contributed by atoms with E-state index in [1.807, 2.05) is 0 Å². The average molecular weight is 472 g/mol. The summed E-state index contributed by atoms with van der Waals surface area (Å²) in [6.07, 6.45) is 3.71. The van der Waals surface area contributed by atoms with Crippen molar-refractivity contribution in [1.29, 1.82) is 0 Å². The van der Waals surface area contributed by atoms with Crippen LogP contribution >= 0.6 is 0 Å². The van der Waals surface area contributed by atoms with Gasteiger partial charge in [0.25, 0.3) is 5.91 Å². The minimum absolute atomic E-state index is 0.0687. The third kappa shape index (κ3) is 5.03. The third-order valence-electron chi connectivity index (χ3n) is 7.36. The molecule has 0 bridgehead atoms. The number of nitrogens with one attached hydrogen (secondary N) is 2. The Labute approximate surface area is 199 Å². The quantitative estimate of drug-likeness (QED) is 0.525. The minimum Gasteiger partial charge on any atom is -0.497 e. The Kier molecular flexibility index (Phi) is 7.38. The predicted octanol–water partition coefficient (Wildman–Crippen LogP) is 1.30. The van der Waals surface area contributed by atoms with E-state index in [1.54, 1.807) is 43.2 Å². The van der Waals surface area contributed by atoms with Crippen molar-refractivity contribution in [3.05, 3.63) is 24.3 Å². The Morgan fingerprint density at radius 2 is 1.94 bits per heavy atom. The molecule has 2 N–H and O–H groups in total. The van der Waals surface area contributed by atoms with E-state index < -0.39 is 18.2 Å². The first-order valence-corrected chi connectivity index (χ1v) is 12.1. The van der Waals surface area contributed by atoms with Crippen LogP contribution in [0.25, 0.3) is 0 Å². The van der Waals surface area contributed by atoms with Gasteiger partial charge < -0.3 is 29.8 Å². The van der Waals surface area contributed by atoms with Crippen molar-refractivity contribution in [2.24, 2.45) is 17.8 Å². The second-order valence-corrected chi connectivity index (χ2v) is 9.49. The normalized spacial score (nSPS) is 27.5. The van der Waals surface area contributed by atoms with Gasteiger partial charge >= 0.3 is 0 Å². The summed E-state index contributed by atoms with van der Waals surface area (Å²) < 4.78 is 11.0. The number of ether oxygens (including phenoxy) is 2. The molecule has 0 radical (unpaired) electrons. The maximum absolute atomic E-state index is 13.4. The van der Waals surface area contributed by atoms with Gasteiger partial charge in [0.05, 0.1) is 13.2 Å². The molecule has 6 atom stereocenters. The molecule has 2 saturated heterocycles. The lowest BCUT2D eigenvalue weighted by molar-refractivity contribution is -0.144. The number of aldehydes is 1. The molecule has 9 heteroatoms. The lowest BCUT2D eigenvalue weighted by atomic mass is 9.92. The largest absolute Gasteiger partial charge is 0.497 e. The average Bonchev–Trinajstić information content (AvgIpc) is 3.54. The molecule has 1 saturated carbocycles. The molecule has 1 aromatic carbocycles. The molecule has 0 spiro atoms. The zero-order chi connectivity index (χ0) is 24.2. The first kappa shape index (κ1) is 24.0. The topological polar surface area (TPSA) is 114 Å². The van der Waals surface area contributed by atoms with Gasteiger partial charge in [0.1, 0.15) is 23.8 Å². The van der Waals surface area contributed by atoms with Gasteiger partial charge in [-0.05, 0) is 68.7 Å². The number of rotatable bonds is 9. The van der Waals surface area contributed by atoms with E-state index in [1.165, 1.54) is 0 Å². The molecule has 2 heterocycles. The maximum Gasteiger partial charge on any atom is 0.264 e. The highest BCUT2D eigenvalue weighted by molar-refractivity contribution is 5.91. The molecule has 1 aromatic rings. The molecule has 184 valence electrons. The van der Waals surface area contributed by atoms with Crippen molar-refractivity contribution in [2.75, 3.05) is 20.2 Å². The van der Waals surface area contributed by atoms with Crippen molar-refractivity contribution in [3.63, 3.8) is 0 Å². The summed E-state index contributed by atoms with van der Waals surface area (Å²) in [5, 5.41) is 5.58. The molecule has 3 aliphatic rings. The van der Waals surface area contributed by atoms with Gasteiger partial charge in [-0.2, -0.15) is 0 Å². The van der Waals surface area contributed by atoms with E-state index in [4.69, 9.17) is 9.47 Å². The van der Waals surface area contributed by atoms with Crippen LogP contribution in [0.1, 0.15) is 39.0 Å². The van der Waals surface area contributed by atoms with Crippen LogP contribution in [0, 0.1) is 17.8 Å². The number of carbonyl (C=O) groups is 4. The SMILES string of the molecule is COc1ccc(OC(C)C(=O)N2C[C@@H]3CCC[C@@H]3[C@H]2C(=O)N[C@H](C=O)C[C@@H]2CCNC2=O)cc1. The number of methoxy groups -OCH3 is 1. The van der Waals surface area contributed by atoms with Crippen molar-refractivity contribution in [1.82, 2.24) is 15.5 Å². The number of benzene rings is 1. The van der Waals surface area contributed by atoms with Crippen LogP contribution < -0.4 is 20.1 Å². The molecule has 0 aromatic heterocycles. The zero-order valence-corrected chi connectivity index (χ0v) is 19.7. The van der Waals surface area contributed by atoms with Crippen LogP contribution in [0.2, 0.25) is 0 Å². The fourth-order valence-corrected chi connectivity index (χ4v) is 5.60. The van der Waals surface area contributed by atoms with Crippen LogP contribution in [0.5, 0.6) is 11.5 Å². The molecule has 3 fully saturated rings. The van der Waals surface area contributed by atoms with Crippen LogP contribution in [-0.2, 0) is 19.2 Å². The number of likely N-dealkylation sites (tertiary alicyclic amines) is 1. The number of carbonyl (C=O) groups excluding carboxylic acids is 4. The number of hydrogen-bond donors (Lipinski definition) is 2. The third-order valence-corrected chi connectivity index (χ3v) is 7.36. The smallest absolute Gasteiger partial charge is 0.264 e. The Balaban J connectivity index is 1.44. The Morgan fingerprint density at radius 3 is 2.59 bits per heavy atom. The Hall–Kier alpha value is -3.10. The standard InChI is InChI=1S/C25H33N3O6/c1-15(34-20-8-6-19(33-2)7-9-20)25(32)28-13-17-4-3-5-21(17)22(28)24(31)27-18(14-29)12-16-10-11-26-23(16)30/h6-9,14-18,21-22H,3-5,10-13H2,1-2H3,(H,26,30)(H,27,31)/t15?,16-,17-,18-,21-,22-/m0/s1. The first-order valence-electron chi connectivity index (χ1n) is 12.1. The lowest BCUT2D eigenvalue weighted by Crippen LogP contribution is -2.54. The summed E-state index contributed by atoms with van der Waals surface area (Å²) in [4.78, 5) is 52.0. The van der Waals surface area contributed by atoms with E-state index in [9.17, 15) is 19.2 Å². The summed E-state index contributed by atoms with van der Waals surface area (Å²) in [7, 11) is 1.58. The molecule has 1 unspecified atom stereocenters. The molecule has 2 aliphatic heterocycles. The summed E-state index contributed by atoms with van der Waals surface area (Å²) in [5.74, 6) is 0.627. The second-order valence-electron chi connectivity index (χ2n) is 9.49. The molecule has 34 heavy (non-hydrogen) atoms. The highest BCUT2D eigenvalue weighted by Crippen LogP contribution is 2.42. The molecular formula is C25H33N3O6. The molecular weight excluding hydrogens is 438 g/mol. The minimum atomic E-state index is -0.772. The maximum atomic E-state index is 13.4. The first-order chi connectivity index (χ1) is 16.4. The van der Waals surface area contributed by atoms with E-state index in [2.05, 4.69) is 10.6 Å². The lowest BCUT2D eigenvalue weighted by Gasteiger charge is -2.30. The zero-order valence-electron chi connectivity index (χ0n) is 19.7. The fourth-order valence-electron chi connectivity index (χ4n) is 5.60. The van der Waals surface area contributed by atoms with E-state index >= 15 is 0 Å². The summed E-state index contributed by atoms with van der Waals surface area (Å²) in [6, 6.07) is 5.59. The van der Waals surface area contributed by atoms with Crippen LogP contribution in [0.4, 0.5) is 0 Å². The summed E-state index contributed by atoms with van der Waals surface area (Å²) >= 11 is 0. The van der Waals surface area contributed by atoms with Gasteiger partial charge in [0.15, 0.2) is 6.10 Å². The van der Waals surface area contributed by atoms with Gasteiger partial charge in [-0.15, -0.1) is 0 Å². The number of hydrogen-bond acceptors (Lipinski definition) is 6. The van der Waals surface area contributed by atoms with Crippen molar-refractivity contribution >= 4 is 24.0 Å². The second kappa shape index (κ2) is 10.4. The van der Waals surface area contributed by atoms with E-state index in [0.717, 1.165) is 19.3 Å². The molecule has 1 aliphatic carbocycles. The van der Waals surface area contributed by atoms with Crippen LogP contribution in [-0.4, -0.2) is 67.3 Å². The van der Waals surface area contributed by atoms with Crippen LogP contribution in [0.15, 0.2) is 24.3 Å². The van der Waals surface area contributed by atoms with Crippen LogP contribution in [0.3, 0.4) is 0 Å². The van der Waals surface area contributed by atoms with E-state index in [-0.39, 0.29) is 41.9 Å². The monoisotopic (exact) mass is 471 g/mol. The highest BCUT2D eigenvalue weighted by atomic mass is 16.5. The van der Waals surface area contributed by atoms with Crippen molar-refractivity contribution in [3.8, 4) is 11.5 Å². The molecule has 9 nitrogen and oxygen atoms in total. The number of fused-ring (bicyclic) bond motifs is 1. The predicted molar refractivity (Wildman–Crippen MR) is 123 cm³/mol. The molecule has 4 rings (SSSR count). The number of amides is 3. The van der Waals surface area contributed by atoms with Gasteiger partial charge in [-0.25, -0.2) is 0 Å². The highest BCUT2D eigenvalue weighted by Gasteiger charge is 2.50. The Bertz CT molecular complexity index is 920.